The summed E-state index contributed by atoms with van der Waals surface area (Å²) >= 11 is 0. The number of hydrogen-bond donors (Lipinski definition) is 1. The van der Waals surface area contributed by atoms with E-state index in [1.54, 1.807) is 36.7 Å². The van der Waals surface area contributed by atoms with E-state index in [4.69, 9.17) is 4.52 Å². The average Bonchev–Trinajstić information content (AvgIpc) is 3.19. The number of aryl methyl sites for hydroxylation is 1. The fourth-order valence-corrected chi connectivity index (χ4v) is 2.62. The minimum Gasteiger partial charge on any atom is -0.334 e. The molecule has 1 N–H and O–H groups in total. The first kappa shape index (κ1) is 16.7. The second-order valence-corrected chi connectivity index (χ2v) is 6.03. The summed E-state index contributed by atoms with van der Waals surface area (Å²) in [6.45, 7) is 1.98. The Bertz CT molecular complexity index is 1070. The topological polar surface area (TPSA) is 80.9 Å². The molecular formula is C21H16N4O2. The lowest BCUT2D eigenvalue weighted by Crippen LogP contribution is -2.12. The molecule has 2 heterocycles. The second-order valence-electron chi connectivity index (χ2n) is 6.03. The number of amides is 1. The Hall–Kier alpha value is -3.80. The van der Waals surface area contributed by atoms with E-state index in [1.807, 2.05) is 43.3 Å². The first-order valence-corrected chi connectivity index (χ1v) is 8.42. The first-order chi connectivity index (χ1) is 13.2. The van der Waals surface area contributed by atoms with Crippen LogP contribution in [0.25, 0.3) is 22.8 Å². The van der Waals surface area contributed by atoms with Gasteiger partial charge in [0, 0.05) is 23.5 Å². The van der Waals surface area contributed by atoms with E-state index in [0.717, 1.165) is 11.1 Å². The first-order valence-electron chi connectivity index (χ1n) is 8.42. The van der Waals surface area contributed by atoms with Gasteiger partial charge in [-0.3, -0.25) is 9.78 Å². The van der Waals surface area contributed by atoms with Crippen LogP contribution in [0.15, 0.2) is 77.6 Å². The maximum absolute atomic E-state index is 12.5. The van der Waals surface area contributed by atoms with Crippen molar-refractivity contribution in [1.82, 2.24) is 15.1 Å². The third kappa shape index (κ3) is 3.59. The zero-order valence-electron chi connectivity index (χ0n) is 14.6. The van der Waals surface area contributed by atoms with Crippen LogP contribution in [0.5, 0.6) is 0 Å². The fraction of sp³-hybridized carbons (Fsp3) is 0.0476. The molecule has 0 aliphatic carbocycles. The summed E-state index contributed by atoms with van der Waals surface area (Å²) < 4.78 is 5.41. The number of carbonyl (C=O) groups is 1. The number of nitrogens with zero attached hydrogens (tertiary/aromatic N) is 3. The molecule has 0 aliphatic rings. The van der Waals surface area contributed by atoms with Gasteiger partial charge in [0.15, 0.2) is 0 Å². The van der Waals surface area contributed by atoms with Gasteiger partial charge in [-0.2, -0.15) is 4.98 Å². The molecule has 0 aliphatic heterocycles. The van der Waals surface area contributed by atoms with Crippen LogP contribution in [0.4, 0.5) is 5.69 Å². The van der Waals surface area contributed by atoms with Gasteiger partial charge in [0.1, 0.15) is 0 Å². The van der Waals surface area contributed by atoms with Gasteiger partial charge in [-0.15, -0.1) is 0 Å². The van der Waals surface area contributed by atoms with Gasteiger partial charge >= 0.3 is 0 Å². The van der Waals surface area contributed by atoms with Crippen molar-refractivity contribution in [1.29, 1.82) is 0 Å². The van der Waals surface area contributed by atoms with Crippen LogP contribution in [0.3, 0.4) is 0 Å². The molecule has 4 rings (SSSR count). The standard InChI is InChI=1S/C21H16N4O2/c1-14-8-10-15(11-9-14)20(26)23-18-7-3-2-6-17(18)21-24-19(25-27-21)16-5-4-12-22-13-16/h2-13H,1H3,(H,23,26). The van der Waals surface area contributed by atoms with Crippen LogP contribution in [-0.4, -0.2) is 21.0 Å². The molecule has 0 radical (unpaired) electrons. The maximum Gasteiger partial charge on any atom is 0.260 e. The number of benzene rings is 2. The number of pyridine rings is 1. The summed E-state index contributed by atoms with van der Waals surface area (Å²) in [4.78, 5) is 21.0. The number of carbonyl (C=O) groups excluding carboxylic acids is 1. The van der Waals surface area contributed by atoms with Crippen molar-refractivity contribution in [3.8, 4) is 22.8 Å². The molecular weight excluding hydrogens is 340 g/mol. The van der Waals surface area contributed by atoms with E-state index < -0.39 is 0 Å². The molecule has 0 spiro atoms. The highest BCUT2D eigenvalue weighted by Crippen LogP contribution is 2.28. The van der Waals surface area contributed by atoms with Gasteiger partial charge < -0.3 is 9.84 Å². The van der Waals surface area contributed by atoms with E-state index in [9.17, 15) is 4.79 Å². The average molecular weight is 356 g/mol. The Morgan fingerprint density at radius 3 is 2.59 bits per heavy atom. The van der Waals surface area contributed by atoms with Crippen molar-refractivity contribution in [2.45, 2.75) is 6.92 Å². The third-order valence-corrected chi connectivity index (χ3v) is 4.07. The van der Waals surface area contributed by atoms with E-state index in [1.165, 1.54) is 0 Å². The molecule has 6 heteroatoms. The van der Waals surface area contributed by atoms with Gasteiger partial charge in [0.05, 0.1) is 11.3 Å². The Kier molecular flexibility index (Phi) is 4.45. The van der Waals surface area contributed by atoms with Crippen molar-refractivity contribution in [2.75, 3.05) is 5.32 Å². The second kappa shape index (κ2) is 7.21. The zero-order chi connectivity index (χ0) is 18.6. The molecule has 6 nitrogen and oxygen atoms in total. The lowest BCUT2D eigenvalue weighted by Gasteiger charge is -2.08. The van der Waals surface area contributed by atoms with E-state index in [-0.39, 0.29) is 5.91 Å². The van der Waals surface area contributed by atoms with E-state index in [0.29, 0.717) is 28.5 Å². The molecule has 1 amide bonds. The fourth-order valence-electron chi connectivity index (χ4n) is 2.62. The minimum absolute atomic E-state index is 0.200. The smallest absolute Gasteiger partial charge is 0.260 e. The molecule has 0 saturated carbocycles. The molecule has 2 aromatic heterocycles. The quantitative estimate of drug-likeness (QED) is 0.587. The van der Waals surface area contributed by atoms with Crippen LogP contribution in [0, 0.1) is 6.92 Å². The molecule has 2 aromatic carbocycles. The zero-order valence-corrected chi connectivity index (χ0v) is 14.6. The van der Waals surface area contributed by atoms with Crippen molar-refractivity contribution in [3.63, 3.8) is 0 Å². The Morgan fingerprint density at radius 1 is 1.00 bits per heavy atom. The summed E-state index contributed by atoms with van der Waals surface area (Å²) in [6, 6.07) is 18.4. The van der Waals surface area contributed by atoms with Crippen LogP contribution in [0.1, 0.15) is 15.9 Å². The van der Waals surface area contributed by atoms with Gasteiger partial charge in [-0.1, -0.05) is 35.0 Å². The van der Waals surface area contributed by atoms with Crippen LogP contribution in [0.2, 0.25) is 0 Å². The van der Waals surface area contributed by atoms with Crippen LogP contribution in [-0.2, 0) is 0 Å². The summed E-state index contributed by atoms with van der Waals surface area (Å²) in [5.41, 5.74) is 3.69. The molecule has 4 aromatic rings. The predicted octanol–water partition coefficient (Wildman–Crippen LogP) is 4.36. The number of para-hydroxylation sites is 1. The number of anilines is 1. The third-order valence-electron chi connectivity index (χ3n) is 4.07. The van der Waals surface area contributed by atoms with Crippen molar-refractivity contribution in [2.24, 2.45) is 0 Å². The monoisotopic (exact) mass is 356 g/mol. The van der Waals surface area contributed by atoms with Crippen LogP contribution >= 0.6 is 0 Å². The Balaban J connectivity index is 1.63. The summed E-state index contributed by atoms with van der Waals surface area (Å²) in [7, 11) is 0. The highest BCUT2D eigenvalue weighted by molar-refractivity contribution is 6.06. The van der Waals surface area contributed by atoms with Crippen molar-refractivity contribution in [3.05, 3.63) is 84.2 Å². The Morgan fingerprint density at radius 2 is 1.81 bits per heavy atom. The lowest BCUT2D eigenvalue weighted by molar-refractivity contribution is 0.102. The van der Waals surface area contributed by atoms with Gasteiger partial charge in [-0.05, 0) is 43.3 Å². The van der Waals surface area contributed by atoms with Gasteiger partial charge in [-0.25, -0.2) is 0 Å². The molecule has 132 valence electrons. The summed E-state index contributed by atoms with van der Waals surface area (Å²) in [5, 5.41) is 6.93. The summed E-state index contributed by atoms with van der Waals surface area (Å²) in [5.74, 6) is 0.570. The normalized spacial score (nSPS) is 10.6. The SMILES string of the molecule is Cc1ccc(C(=O)Nc2ccccc2-c2nc(-c3cccnc3)no2)cc1. The lowest BCUT2D eigenvalue weighted by atomic mass is 10.1. The summed E-state index contributed by atoms with van der Waals surface area (Å²) in [6.07, 6.45) is 3.35. The number of aromatic nitrogens is 3. The minimum atomic E-state index is -0.200. The number of nitrogens with one attached hydrogen (secondary N) is 1. The van der Waals surface area contributed by atoms with E-state index >= 15 is 0 Å². The van der Waals surface area contributed by atoms with Gasteiger partial charge in [0.2, 0.25) is 5.82 Å². The molecule has 0 bridgehead atoms. The molecule has 0 saturated heterocycles. The van der Waals surface area contributed by atoms with Gasteiger partial charge in [0.25, 0.3) is 11.8 Å². The molecule has 27 heavy (non-hydrogen) atoms. The molecule has 0 fully saturated rings. The van der Waals surface area contributed by atoms with Crippen molar-refractivity contribution >= 4 is 11.6 Å². The Labute approximate surface area is 155 Å². The maximum atomic E-state index is 12.5. The molecule has 0 atom stereocenters. The highest BCUT2D eigenvalue weighted by Gasteiger charge is 2.16. The van der Waals surface area contributed by atoms with Crippen LogP contribution < -0.4 is 5.32 Å². The predicted molar refractivity (Wildman–Crippen MR) is 102 cm³/mol. The largest absolute Gasteiger partial charge is 0.334 e. The highest BCUT2D eigenvalue weighted by atomic mass is 16.5. The number of rotatable bonds is 4. The number of hydrogen-bond acceptors (Lipinski definition) is 5. The molecule has 0 unspecified atom stereocenters. The van der Waals surface area contributed by atoms with Crippen molar-refractivity contribution < 1.29 is 9.32 Å². The van der Waals surface area contributed by atoms with E-state index in [2.05, 4.69) is 20.4 Å².